The van der Waals surface area contributed by atoms with Crippen LogP contribution in [0.15, 0.2) is 65.8 Å². The number of nitrogens with zero attached hydrogens (tertiary/aromatic N) is 3. The number of methoxy groups -OCH3 is 2. The third-order valence-electron chi connectivity index (χ3n) is 5.71. The van der Waals surface area contributed by atoms with Gasteiger partial charge in [0.05, 0.1) is 42.8 Å². The van der Waals surface area contributed by atoms with Gasteiger partial charge in [0.15, 0.2) is 11.0 Å². The van der Waals surface area contributed by atoms with Crippen molar-refractivity contribution in [3.05, 3.63) is 88.5 Å². The number of carbonyl (C=O) groups excluding carboxylic acids is 2. The Morgan fingerprint density at radius 1 is 0.976 bits per heavy atom. The van der Waals surface area contributed by atoms with Gasteiger partial charge in [-0.15, -0.1) is 10.2 Å². The average Bonchev–Trinajstić information content (AvgIpc) is 3.38. The molecule has 0 saturated carbocycles. The van der Waals surface area contributed by atoms with Crippen LogP contribution < -0.4 is 20.1 Å². The Morgan fingerprint density at radius 2 is 1.64 bits per heavy atom. The third kappa shape index (κ3) is 7.50. The number of halogens is 5. The van der Waals surface area contributed by atoms with Gasteiger partial charge >= 0.3 is 6.18 Å². The molecular formula is C27H22ClF4N5O4S. The van der Waals surface area contributed by atoms with E-state index in [0.717, 1.165) is 30.0 Å². The number of anilines is 1. The molecule has 2 N–H and O–H groups in total. The van der Waals surface area contributed by atoms with Crippen LogP contribution in [0.2, 0.25) is 5.02 Å². The predicted molar refractivity (Wildman–Crippen MR) is 148 cm³/mol. The van der Waals surface area contributed by atoms with Crippen LogP contribution in [-0.2, 0) is 17.5 Å². The average molecular weight is 624 g/mol. The number of hydrogen-bond donors (Lipinski definition) is 2. The third-order valence-corrected chi connectivity index (χ3v) is 6.96. The summed E-state index contributed by atoms with van der Waals surface area (Å²) in [6.45, 7) is -0.102. The quantitative estimate of drug-likeness (QED) is 0.171. The largest absolute Gasteiger partial charge is 0.497 e. The number of thioether (sulfide) groups is 1. The van der Waals surface area contributed by atoms with E-state index in [9.17, 15) is 27.2 Å². The number of alkyl halides is 3. The van der Waals surface area contributed by atoms with Crippen molar-refractivity contribution < 1.29 is 36.6 Å². The van der Waals surface area contributed by atoms with Crippen LogP contribution in [0.25, 0.3) is 5.69 Å². The normalized spacial score (nSPS) is 11.2. The number of ether oxygens (including phenoxy) is 2. The van der Waals surface area contributed by atoms with Crippen LogP contribution in [0.1, 0.15) is 21.7 Å². The monoisotopic (exact) mass is 623 g/mol. The van der Waals surface area contributed by atoms with E-state index >= 15 is 0 Å². The standard InChI is InChI=1S/C27H22ClF4N5O4S/c1-40-19-9-15(10-20(12-19)41-2)25(39)33-13-23-35-36-26(37(23)18-6-4-17(29)5-7-18)42-14-24(38)34-22-11-16(27(30,31)32)3-8-21(22)28/h3-12H,13-14H2,1-2H3,(H,33,39)(H,34,38). The molecular weight excluding hydrogens is 602 g/mol. The molecule has 9 nitrogen and oxygen atoms in total. The molecule has 2 amide bonds. The number of nitrogens with one attached hydrogen (secondary N) is 2. The maximum Gasteiger partial charge on any atom is 0.416 e. The maximum absolute atomic E-state index is 13.6. The molecule has 0 radical (unpaired) electrons. The van der Waals surface area contributed by atoms with Crippen molar-refractivity contribution in [2.75, 3.05) is 25.3 Å². The van der Waals surface area contributed by atoms with Crippen LogP contribution in [0.3, 0.4) is 0 Å². The molecule has 0 spiro atoms. The highest BCUT2D eigenvalue weighted by molar-refractivity contribution is 7.99. The van der Waals surface area contributed by atoms with Crippen molar-refractivity contribution in [3.8, 4) is 17.2 Å². The van der Waals surface area contributed by atoms with Crippen molar-refractivity contribution in [1.82, 2.24) is 20.1 Å². The van der Waals surface area contributed by atoms with Gasteiger partial charge in [-0.05, 0) is 54.6 Å². The zero-order chi connectivity index (χ0) is 30.4. The molecule has 1 heterocycles. The van der Waals surface area contributed by atoms with Crippen LogP contribution in [-0.4, -0.2) is 46.6 Å². The van der Waals surface area contributed by atoms with E-state index in [4.69, 9.17) is 21.1 Å². The van der Waals surface area contributed by atoms with Gasteiger partial charge < -0.3 is 20.1 Å². The zero-order valence-electron chi connectivity index (χ0n) is 22.0. The number of amides is 2. The summed E-state index contributed by atoms with van der Waals surface area (Å²) in [7, 11) is 2.91. The SMILES string of the molecule is COc1cc(OC)cc(C(=O)NCc2nnc(SCC(=O)Nc3cc(C(F)(F)F)ccc3Cl)n2-c2ccc(F)cc2)c1. The Kier molecular flexibility index (Phi) is 9.58. The first-order valence-electron chi connectivity index (χ1n) is 12.0. The minimum atomic E-state index is -4.62. The number of benzene rings is 3. The lowest BCUT2D eigenvalue weighted by Gasteiger charge is -2.13. The minimum Gasteiger partial charge on any atom is -0.497 e. The summed E-state index contributed by atoms with van der Waals surface area (Å²) in [6, 6.07) is 12.6. The van der Waals surface area contributed by atoms with Crippen LogP contribution in [0.5, 0.6) is 11.5 Å². The van der Waals surface area contributed by atoms with Crippen LogP contribution in [0.4, 0.5) is 23.2 Å². The van der Waals surface area contributed by atoms with Gasteiger partial charge in [-0.25, -0.2) is 4.39 Å². The fourth-order valence-corrected chi connectivity index (χ4v) is 4.61. The molecule has 0 bridgehead atoms. The second-order valence-electron chi connectivity index (χ2n) is 8.52. The first-order valence-corrected chi connectivity index (χ1v) is 13.4. The molecule has 4 rings (SSSR count). The summed E-state index contributed by atoms with van der Waals surface area (Å²) in [5.74, 6) is -0.797. The molecule has 1 aromatic heterocycles. The molecule has 0 saturated heterocycles. The Morgan fingerprint density at radius 3 is 2.26 bits per heavy atom. The molecule has 0 aliphatic rings. The van der Waals surface area contributed by atoms with Gasteiger partial charge in [0, 0.05) is 17.3 Å². The lowest BCUT2D eigenvalue weighted by atomic mass is 10.2. The number of carbonyl (C=O) groups is 2. The van der Waals surface area contributed by atoms with Crippen LogP contribution in [0, 0.1) is 5.82 Å². The predicted octanol–water partition coefficient (Wildman–Crippen LogP) is 5.76. The second kappa shape index (κ2) is 13.1. The Labute approximate surface area is 246 Å². The lowest BCUT2D eigenvalue weighted by molar-refractivity contribution is -0.137. The summed E-state index contributed by atoms with van der Waals surface area (Å²) >= 11 is 6.90. The second-order valence-corrected chi connectivity index (χ2v) is 9.87. The molecule has 0 aliphatic heterocycles. The molecule has 3 aromatic carbocycles. The highest BCUT2D eigenvalue weighted by Crippen LogP contribution is 2.34. The van der Waals surface area contributed by atoms with Gasteiger partial charge in [0.25, 0.3) is 5.91 Å². The molecule has 0 atom stereocenters. The van der Waals surface area contributed by atoms with Gasteiger partial charge in [-0.3, -0.25) is 14.2 Å². The first-order chi connectivity index (χ1) is 20.0. The highest BCUT2D eigenvalue weighted by atomic mass is 35.5. The number of hydrogen-bond acceptors (Lipinski definition) is 7. The maximum atomic E-state index is 13.6. The molecule has 15 heteroatoms. The molecule has 0 aliphatic carbocycles. The van der Waals surface area contributed by atoms with Gasteiger partial charge in [-0.2, -0.15) is 13.2 Å². The summed E-state index contributed by atoms with van der Waals surface area (Å²) < 4.78 is 64.8. The Bertz CT molecular complexity index is 1580. The molecule has 0 fully saturated rings. The van der Waals surface area contributed by atoms with Crippen molar-refractivity contribution >= 4 is 40.9 Å². The minimum absolute atomic E-state index is 0.0671. The van der Waals surface area contributed by atoms with E-state index in [1.807, 2.05) is 0 Å². The fourth-order valence-electron chi connectivity index (χ4n) is 3.67. The van der Waals surface area contributed by atoms with E-state index in [2.05, 4.69) is 20.8 Å². The van der Waals surface area contributed by atoms with E-state index in [0.29, 0.717) is 17.2 Å². The molecule has 220 valence electrons. The topological polar surface area (TPSA) is 107 Å². The van der Waals surface area contributed by atoms with Crippen molar-refractivity contribution in [2.45, 2.75) is 17.9 Å². The molecule has 0 unspecified atom stereocenters. The Hall–Kier alpha value is -4.30. The van der Waals surface area contributed by atoms with E-state index in [1.165, 1.54) is 55.2 Å². The number of rotatable bonds is 10. The van der Waals surface area contributed by atoms with Gasteiger partial charge in [0.2, 0.25) is 5.91 Å². The molecule has 4 aromatic rings. The summed E-state index contributed by atoms with van der Waals surface area (Å²) in [4.78, 5) is 25.5. The van der Waals surface area contributed by atoms with E-state index in [-0.39, 0.29) is 39.6 Å². The Balaban J connectivity index is 1.52. The van der Waals surface area contributed by atoms with Gasteiger partial charge in [0.1, 0.15) is 17.3 Å². The van der Waals surface area contributed by atoms with E-state index < -0.39 is 29.4 Å². The molecule has 42 heavy (non-hydrogen) atoms. The smallest absolute Gasteiger partial charge is 0.416 e. The fraction of sp³-hybridized carbons (Fsp3) is 0.185. The van der Waals surface area contributed by atoms with E-state index in [1.54, 1.807) is 6.07 Å². The van der Waals surface area contributed by atoms with Gasteiger partial charge in [-0.1, -0.05) is 23.4 Å². The van der Waals surface area contributed by atoms with Crippen molar-refractivity contribution in [2.24, 2.45) is 0 Å². The van der Waals surface area contributed by atoms with Crippen molar-refractivity contribution in [1.29, 1.82) is 0 Å². The van der Waals surface area contributed by atoms with Crippen molar-refractivity contribution in [3.63, 3.8) is 0 Å². The number of aromatic nitrogens is 3. The summed E-state index contributed by atoms with van der Waals surface area (Å²) in [5, 5.41) is 13.5. The summed E-state index contributed by atoms with van der Waals surface area (Å²) in [6.07, 6.45) is -4.62. The summed E-state index contributed by atoms with van der Waals surface area (Å²) in [5.41, 5.74) is -0.462. The first kappa shape index (κ1) is 30.7. The van der Waals surface area contributed by atoms with Crippen LogP contribution >= 0.6 is 23.4 Å². The lowest BCUT2D eigenvalue weighted by Crippen LogP contribution is -2.24. The highest BCUT2D eigenvalue weighted by Gasteiger charge is 2.31. The zero-order valence-corrected chi connectivity index (χ0v) is 23.5.